The molecule has 0 spiro atoms. The van der Waals surface area contributed by atoms with E-state index in [2.05, 4.69) is 0 Å². The van der Waals surface area contributed by atoms with Gasteiger partial charge in [0.15, 0.2) is 6.17 Å². The SMILES string of the molecule is CC(F)C(F)(F)C[SiH]1O[SiH2]O[SiH2]O1. The van der Waals surface area contributed by atoms with Crippen LogP contribution in [0.1, 0.15) is 6.92 Å². The second-order valence-corrected chi connectivity index (χ2v) is 8.82. The summed E-state index contributed by atoms with van der Waals surface area (Å²) >= 11 is 0. The second-order valence-electron chi connectivity index (χ2n) is 2.78. The predicted molar refractivity (Wildman–Crippen MR) is 47.8 cm³/mol. The van der Waals surface area contributed by atoms with Gasteiger partial charge in [-0.05, 0) is 6.92 Å². The molecule has 1 unspecified atom stereocenters. The van der Waals surface area contributed by atoms with Crippen LogP contribution in [0.4, 0.5) is 13.2 Å². The van der Waals surface area contributed by atoms with Crippen molar-refractivity contribution < 1.29 is 25.5 Å². The van der Waals surface area contributed by atoms with Gasteiger partial charge in [-0.2, -0.15) is 0 Å². The largest absolute Gasteiger partial charge is 0.425 e. The molecule has 1 aliphatic rings. The number of hydrogen-bond donors (Lipinski definition) is 0. The van der Waals surface area contributed by atoms with Crippen molar-refractivity contribution in [2.45, 2.75) is 25.1 Å². The molecule has 0 aliphatic carbocycles. The third kappa shape index (κ3) is 3.52. The van der Waals surface area contributed by atoms with Gasteiger partial charge >= 0.3 is 9.28 Å². The third-order valence-corrected chi connectivity index (χ3v) is 7.97. The first kappa shape index (κ1) is 11.4. The fourth-order valence-electron chi connectivity index (χ4n) is 0.833. The van der Waals surface area contributed by atoms with Crippen molar-refractivity contribution in [1.82, 2.24) is 0 Å². The fourth-order valence-corrected chi connectivity index (χ4v) is 7.78. The molecule has 9 heteroatoms. The molecule has 0 N–H and O–H groups in total. The quantitative estimate of drug-likeness (QED) is 0.616. The van der Waals surface area contributed by atoms with Gasteiger partial charge in [0.25, 0.3) is 25.9 Å². The fraction of sp³-hybridized carbons (Fsp3) is 1.00. The molecule has 0 radical (unpaired) electrons. The molecule has 0 aromatic heterocycles. The Kier molecular flexibility index (Phi) is 4.12. The molecule has 3 nitrogen and oxygen atoms in total. The minimum Gasteiger partial charge on any atom is -0.425 e. The van der Waals surface area contributed by atoms with E-state index in [0.717, 1.165) is 6.92 Å². The molecule has 1 saturated heterocycles. The zero-order valence-corrected chi connectivity index (χ0v) is 11.1. The maximum Gasteiger partial charge on any atom is 0.309 e. The zero-order chi connectivity index (χ0) is 9.90. The van der Waals surface area contributed by atoms with Crippen LogP contribution in [0.2, 0.25) is 6.04 Å². The molecule has 1 fully saturated rings. The molecule has 0 bridgehead atoms. The molecular weight excluding hydrogens is 237 g/mol. The lowest BCUT2D eigenvalue weighted by atomic mass is 10.3. The summed E-state index contributed by atoms with van der Waals surface area (Å²) in [5, 5.41) is 0. The summed E-state index contributed by atoms with van der Waals surface area (Å²) in [6.07, 6.45) is -2.14. The molecule has 0 aromatic rings. The first-order chi connectivity index (χ1) is 6.02. The zero-order valence-electron chi connectivity index (χ0n) is 7.13. The lowest BCUT2D eigenvalue weighted by Gasteiger charge is -2.26. The molecule has 1 heterocycles. The van der Waals surface area contributed by atoms with E-state index in [4.69, 9.17) is 12.3 Å². The average Bonchev–Trinajstić information content (AvgIpc) is 2.05. The van der Waals surface area contributed by atoms with Crippen LogP contribution in [0.25, 0.3) is 0 Å². The molecule has 1 aliphatic heterocycles. The van der Waals surface area contributed by atoms with Gasteiger partial charge in [-0.1, -0.05) is 0 Å². The Morgan fingerprint density at radius 3 is 2.38 bits per heavy atom. The van der Waals surface area contributed by atoms with Gasteiger partial charge in [-0.25, -0.2) is 13.2 Å². The highest BCUT2D eigenvalue weighted by molar-refractivity contribution is 6.61. The Morgan fingerprint density at radius 2 is 1.92 bits per heavy atom. The van der Waals surface area contributed by atoms with Crippen molar-refractivity contribution in [2.24, 2.45) is 0 Å². The minimum atomic E-state index is -3.31. The summed E-state index contributed by atoms with van der Waals surface area (Å²) < 4.78 is 52.9. The van der Waals surface area contributed by atoms with Gasteiger partial charge in [0, 0.05) is 0 Å². The standard InChI is InChI=1S/C4H11F3O3Si3/c1-3(5)4(6,7)2-13-9-11-8-12-10-13/h3,13H,2,11-12H2,1H3. The topological polar surface area (TPSA) is 27.7 Å². The monoisotopic (exact) mass is 248 g/mol. The number of halogens is 3. The van der Waals surface area contributed by atoms with Gasteiger partial charge in [-0.15, -0.1) is 0 Å². The first-order valence-corrected chi connectivity index (χ1v) is 7.92. The second kappa shape index (κ2) is 4.70. The van der Waals surface area contributed by atoms with E-state index in [9.17, 15) is 13.2 Å². The van der Waals surface area contributed by atoms with Gasteiger partial charge in [0.2, 0.25) is 0 Å². The lowest BCUT2D eigenvalue weighted by molar-refractivity contribution is -0.0509. The van der Waals surface area contributed by atoms with Crippen LogP contribution >= 0.6 is 0 Å². The van der Waals surface area contributed by atoms with Crippen LogP contribution in [0, 0.1) is 0 Å². The molecule has 0 amide bonds. The van der Waals surface area contributed by atoms with Gasteiger partial charge in [0.1, 0.15) is 0 Å². The van der Waals surface area contributed by atoms with Crippen molar-refractivity contribution in [3.63, 3.8) is 0 Å². The van der Waals surface area contributed by atoms with E-state index in [0.29, 0.717) is 0 Å². The van der Waals surface area contributed by atoms with E-state index >= 15 is 0 Å². The summed E-state index contributed by atoms with van der Waals surface area (Å²) in [5.41, 5.74) is 0. The van der Waals surface area contributed by atoms with Crippen LogP contribution in [0.3, 0.4) is 0 Å². The highest BCUT2D eigenvalue weighted by Crippen LogP contribution is 2.28. The summed E-state index contributed by atoms with van der Waals surface area (Å²) in [4.78, 5) is 0. The van der Waals surface area contributed by atoms with E-state index in [-0.39, 0.29) is 0 Å². The summed E-state index contributed by atoms with van der Waals surface area (Å²) in [5.74, 6) is -3.31. The van der Waals surface area contributed by atoms with Gasteiger partial charge < -0.3 is 12.3 Å². The Hall–Kier alpha value is 0.321. The predicted octanol–water partition coefficient (Wildman–Crippen LogP) is -0.739. The van der Waals surface area contributed by atoms with E-state index in [1.54, 1.807) is 0 Å². The Bertz CT molecular complexity index is 164. The molecule has 1 atom stereocenters. The van der Waals surface area contributed by atoms with E-state index < -0.39 is 47.4 Å². The smallest absolute Gasteiger partial charge is 0.309 e. The number of hydrogen-bond acceptors (Lipinski definition) is 3. The Morgan fingerprint density at radius 1 is 1.38 bits per heavy atom. The van der Waals surface area contributed by atoms with Gasteiger partial charge in [0.05, 0.1) is 6.04 Å². The molecule has 13 heavy (non-hydrogen) atoms. The number of alkyl halides is 3. The molecule has 1 rings (SSSR count). The van der Waals surface area contributed by atoms with E-state index in [1.807, 2.05) is 0 Å². The van der Waals surface area contributed by atoms with Crippen LogP contribution in [0.5, 0.6) is 0 Å². The van der Waals surface area contributed by atoms with Crippen molar-refractivity contribution in [2.75, 3.05) is 0 Å². The first-order valence-electron chi connectivity index (χ1n) is 3.85. The van der Waals surface area contributed by atoms with Crippen LogP contribution in [0.15, 0.2) is 0 Å². The maximum absolute atomic E-state index is 12.8. The van der Waals surface area contributed by atoms with Crippen molar-refractivity contribution in [3.8, 4) is 0 Å². The Labute approximate surface area is 80.5 Å². The van der Waals surface area contributed by atoms with E-state index in [1.165, 1.54) is 0 Å². The number of rotatable bonds is 3. The summed E-state index contributed by atoms with van der Waals surface area (Å²) in [6.45, 7) is 0.850. The minimum absolute atomic E-state index is 0.575. The summed E-state index contributed by atoms with van der Waals surface area (Å²) in [7, 11) is -4.48. The van der Waals surface area contributed by atoms with Gasteiger partial charge in [-0.3, -0.25) is 0 Å². The normalized spacial score (nSPS) is 30.9. The molecule has 78 valence electrons. The molecule has 0 aromatic carbocycles. The molecular formula is C4H11F3O3Si3. The Balaban J connectivity index is 2.37. The lowest BCUT2D eigenvalue weighted by Crippen LogP contribution is -2.41. The third-order valence-electron chi connectivity index (χ3n) is 1.70. The maximum atomic E-state index is 12.8. The average molecular weight is 248 g/mol. The van der Waals surface area contributed by atoms with Crippen molar-refractivity contribution in [1.29, 1.82) is 0 Å². The summed E-state index contributed by atoms with van der Waals surface area (Å²) in [6, 6.07) is -0.575. The van der Waals surface area contributed by atoms with Crippen LogP contribution in [-0.4, -0.2) is 41.4 Å². The highest BCUT2D eigenvalue weighted by Gasteiger charge is 2.41. The highest BCUT2D eigenvalue weighted by atomic mass is 28.4. The molecule has 0 saturated carbocycles. The van der Waals surface area contributed by atoms with Crippen molar-refractivity contribution >= 4 is 29.3 Å². The van der Waals surface area contributed by atoms with Crippen molar-refractivity contribution in [3.05, 3.63) is 0 Å². The van der Waals surface area contributed by atoms with Crippen LogP contribution < -0.4 is 0 Å². The van der Waals surface area contributed by atoms with Crippen LogP contribution in [-0.2, 0) is 12.3 Å².